The first-order chi connectivity index (χ1) is 6.32. The summed E-state index contributed by atoms with van der Waals surface area (Å²) < 4.78 is 13.5. The third-order valence-corrected chi connectivity index (χ3v) is 2.33. The molecule has 1 rings (SSSR count). The molecule has 0 amide bonds. The molecule has 1 nitrogen and oxygen atoms in total. The van der Waals surface area contributed by atoms with Crippen molar-refractivity contribution in [2.24, 2.45) is 0 Å². The highest BCUT2D eigenvalue weighted by Gasteiger charge is 2.18. The van der Waals surface area contributed by atoms with Gasteiger partial charge in [0.05, 0.1) is 5.60 Å². The molecule has 0 aliphatic carbocycles. The van der Waals surface area contributed by atoms with Crippen molar-refractivity contribution in [1.29, 1.82) is 0 Å². The molecule has 0 aliphatic rings. The van der Waals surface area contributed by atoms with Crippen molar-refractivity contribution >= 4 is 0 Å². The molecule has 1 N–H and O–H groups in total. The molecule has 0 heterocycles. The van der Waals surface area contributed by atoms with Crippen molar-refractivity contribution in [3.8, 4) is 0 Å². The Hall–Kier alpha value is -0.890. The Kier molecular flexibility index (Phi) is 2.95. The summed E-state index contributed by atoms with van der Waals surface area (Å²) in [6.45, 7) is 7.19. The summed E-state index contributed by atoms with van der Waals surface area (Å²) in [5.74, 6) is -0.0644. The van der Waals surface area contributed by atoms with Crippen molar-refractivity contribution in [2.75, 3.05) is 0 Å². The van der Waals surface area contributed by atoms with Crippen molar-refractivity contribution in [3.63, 3.8) is 0 Å². The molecule has 1 aromatic rings. The Bertz CT molecular complexity index is 324. The molecule has 0 fully saturated rings. The summed E-state index contributed by atoms with van der Waals surface area (Å²) in [6.07, 6.45) is 0. The van der Waals surface area contributed by atoms with Crippen molar-refractivity contribution in [1.82, 2.24) is 0 Å². The van der Waals surface area contributed by atoms with Crippen LogP contribution in [-0.2, 0) is 5.60 Å². The first-order valence-corrected chi connectivity index (χ1v) is 4.84. The van der Waals surface area contributed by atoms with Crippen LogP contribution in [0.25, 0.3) is 0 Å². The van der Waals surface area contributed by atoms with E-state index < -0.39 is 5.60 Å². The van der Waals surface area contributed by atoms with Gasteiger partial charge >= 0.3 is 0 Å². The molecule has 0 unspecified atom stereocenters. The van der Waals surface area contributed by atoms with E-state index in [9.17, 15) is 9.50 Å². The van der Waals surface area contributed by atoms with Gasteiger partial charge in [0.2, 0.25) is 0 Å². The zero-order chi connectivity index (χ0) is 10.9. The zero-order valence-electron chi connectivity index (χ0n) is 9.13. The van der Waals surface area contributed by atoms with E-state index in [4.69, 9.17) is 0 Å². The van der Waals surface area contributed by atoms with Crippen molar-refractivity contribution < 1.29 is 9.50 Å². The summed E-state index contributed by atoms with van der Waals surface area (Å²) in [4.78, 5) is 0. The van der Waals surface area contributed by atoms with E-state index in [2.05, 4.69) is 0 Å². The van der Waals surface area contributed by atoms with Crippen LogP contribution < -0.4 is 0 Å². The predicted octanol–water partition coefficient (Wildman–Crippen LogP) is 3.18. The van der Waals surface area contributed by atoms with Crippen molar-refractivity contribution in [2.45, 2.75) is 39.2 Å². The molecule has 78 valence electrons. The van der Waals surface area contributed by atoms with Gasteiger partial charge in [-0.25, -0.2) is 4.39 Å². The standard InChI is InChI=1S/C12H17FO/c1-8(2)10-6-5-9(7-11(10)13)12(3,4)14/h5-8,14H,1-4H3. The topological polar surface area (TPSA) is 20.2 Å². The number of hydrogen-bond donors (Lipinski definition) is 1. The van der Waals surface area contributed by atoms with E-state index in [1.807, 2.05) is 13.8 Å². The lowest BCUT2D eigenvalue weighted by Crippen LogP contribution is -2.16. The molecular formula is C12H17FO. The van der Waals surface area contributed by atoms with Crippen LogP contribution in [0.4, 0.5) is 4.39 Å². The lowest BCUT2D eigenvalue weighted by molar-refractivity contribution is 0.0782. The second-order valence-corrected chi connectivity index (χ2v) is 4.45. The largest absolute Gasteiger partial charge is 0.386 e. The summed E-state index contributed by atoms with van der Waals surface area (Å²) in [6, 6.07) is 4.93. The number of hydrogen-bond acceptors (Lipinski definition) is 1. The minimum absolute atomic E-state index is 0.172. The molecule has 0 bridgehead atoms. The average Bonchev–Trinajstić information content (AvgIpc) is 2.01. The third-order valence-electron chi connectivity index (χ3n) is 2.33. The molecule has 0 spiro atoms. The maximum absolute atomic E-state index is 13.5. The smallest absolute Gasteiger partial charge is 0.127 e. The maximum Gasteiger partial charge on any atom is 0.127 e. The summed E-state index contributed by atoms with van der Waals surface area (Å²) in [5.41, 5.74) is 0.327. The van der Waals surface area contributed by atoms with E-state index in [0.29, 0.717) is 11.1 Å². The molecule has 0 radical (unpaired) electrons. The molecule has 0 saturated heterocycles. The zero-order valence-corrected chi connectivity index (χ0v) is 9.13. The van der Waals surface area contributed by atoms with Gasteiger partial charge in [0.25, 0.3) is 0 Å². The fraction of sp³-hybridized carbons (Fsp3) is 0.500. The monoisotopic (exact) mass is 196 g/mol. The lowest BCUT2D eigenvalue weighted by Gasteiger charge is -2.19. The van der Waals surface area contributed by atoms with Crippen LogP contribution >= 0.6 is 0 Å². The van der Waals surface area contributed by atoms with Crippen LogP contribution in [0.15, 0.2) is 18.2 Å². The SMILES string of the molecule is CC(C)c1ccc(C(C)(C)O)cc1F. The highest BCUT2D eigenvalue weighted by atomic mass is 19.1. The Morgan fingerprint density at radius 2 is 1.86 bits per heavy atom. The normalized spacial score (nSPS) is 12.2. The maximum atomic E-state index is 13.5. The minimum Gasteiger partial charge on any atom is -0.386 e. The molecule has 2 heteroatoms. The van der Waals surface area contributed by atoms with Crippen LogP contribution in [0.3, 0.4) is 0 Å². The van der Waals surface area contributed by atoms with Gasteiger partial charge in [-0.1, -0.05) is 26.0 Å². The fourth-order valence-electron chi connectivity index (χ4n) is 1.38. The lowest BCUT2D eigenvalue weighted by atomic mass is 9.94. The van der Waals surface area contributed by atoms with E-state index in [-0.39, 0.29) is 11.7 Å². The van der Waals surface area contributed by atoms with E-state index in [1.54, 1.807) is 26.0 Å². The molecular weight excluding hydrogens is 179 g/mol. The minimum atomic E-state index is -0.976. The van der Waals surface area contributed by atoms with Crippen LogP contribution in [0.5, 0.6) is 0 Å². The average molecular weight is 196 g/mol. The van der Waals surface area contributed by atoms with Gasteiger partial charge in [0, 0.05) is 0 Å². The van der Waals surface area contributed by atoms with E-state index >= 15 is 0 Å². The molecule has 0 aromatic heterocycles. The quantitative estimate of drug-likeness (QED) is 0.770. The second kappa shape index (κ2) is 3.70. The fourth-order valence-corrected chi connectivity index (χ4v) is 1.38. The van der Waals surface area contributed by atoms with Gasteiger partial charge in [-0.05, 0) is 37.0 Å². The van der Waals surface area contributed by atoms with E-state index in [0.717, 1.165) is 0 Å². The molecule has 0 saturated carbocycles. The highest BCUT2D eigenvalue weighted by Crippen LogP contribution is 2.25. The number of aliphatic hydroxyl groups is 1. The highest BCUT2D eigenvalue weighted by molar-refractivity contribution is 5.29. The summed E-state index contributed by atoms with van der Waals surface area (Å²) in [5, 5.41) is 9.68. The van der Waals surface area contributed by atoms with Crippen LogP contribution in [-0.4, -0.2) is 5.11 Å². The first-order valence-electron chi connectivity index (χ1n) is 4.84. The van der Waals surface area contributed by atoms with E-state index in [1.165, 1.54) is 6.07 Å². The Morgan fingerprint density at radius 3 is 2.21 bits per heavy atom. The van der Waals surface area contributed by atoms with Crippen LogP contribution in [0.1, 0.15) is 44.7 Å². The van der Waals surface area contributed by atoms with Gasteiger partial charge in [-0.2, -0.15) is 0 Å². The van der Waals surface area contributed by atoms with Crippen LogP contribution in [0.2, 0.25) is 0 Å². The van der Waals surface area contributed by atoms with Gasteiger partial charge < -0.3 is 5.11 Å². The number of rotatable bonds is 2. The number of benzene rings is 1. The molecule has 0 aliphatic heterocycles. The Balaban J connectivity index is 3.13. The molecule has 1 aromatic carbocycles. The second-order valence-electron chi connectivity index (χ2n) is 4.45. The Morgan fingerprint density at radius 1 is 1.29 bits per heavy atom. The molecule has 14 heavy (non-hydrogen) atoms. The summed E-state index contributed by atoms with van der Waals surface area (Å²) >= 11 is 0. The first kappa shape index (κ1) is 11.2. The van der Waals surface area contributed by atoms with Crippen LogP contribution in [0, 0.1) is 5.82 Å². The third kappa shape index (κ3) is 2.32. The summed E-state index contributed by atoms with van der Waals surface area (Å²) in [7, 11) is 0. The van der Waals surface area contributed by atoms with Gasteiger partial charge in [0.15, 0.2) is 0 Å². The van der Waals surface area contributed by atoms with Gasteiger partial charge in [0.1, 0.15) is 5.82 Å². The Labute approximate surface area is 84.6 Å². The van der Waals surface area contributed by atoms with Crippen molar-refractivity contribution in [3.05, 3.63) is 35.1 Å². The molecule has 0 atom stereocenters. The van der Waals surface area contributed by atoms with Gasteiger partial charge in [-0.15, -0.1) is 0 Å². The number of halogens is 1. The predicted molar refractivity (Wildman–Crippen MR) is 55.7 cm³/mol. The van der Waals surface area contributed by atoms with Gasteiger partial charge in [-0.3, -0.25) is 0 Å².